The van der Waals surface area contributed by atoms with Crippen molar-refractivity contribution >= 4 is 29.1 Å². The summed E-state index contributed by atoms with van der Waals surface area (Å²) in [6, 6.07) is 17.4. The van der Waals surface area contributed by atoms with Crippen molar-refractivity contribution in [3.63, 3.8) is 0 Å². The van der Waals surface area contributed by atoms with Crippen molar-refractivity contribution in [3.05, 3.63) is 60.7 Å². The molecular weight excluding hydrogens is 437 g/mol. The quantitative estimate of drug-likeness (QED) is 0.227. The highest BCUT2D eigenvalue weighted by Crippen LogP contribution is 2.29. The van der Waals surface area contributed by atoms with Gasteiger partial charge in [-0.05, 0) is 80.0 Å². The largest absolute Gasteiger partial charge is 0.573 e. The van der Waals surface area contributed by atoms with Crippen molar-refractivity contribution < 1.29 is 17.9 Å². The Bertz CT molecular complexity index is 996. The van der Waals surface area contributed by atoms with E-state index < -0.39 is 6.36 Å². The van der Waals surface area contributed by atoms with Gasteiger partial charge in [-0.3, -0.25) is 4.72 Å². The predicted molar refractivity (Wildman–Crippen MR) is 124 cm³/mol. The van der Waals surface area contributed by atoms with Crippen LogP contribution in [0.25, 0.3) is 11.3 Å². The Morgan fingerprint density at radius 3 is 2.31 bits per heavy atom. The van der Waals surface area contributed by atoms with Gasteiger partial charge in [-0.1, -0.05) is 13.3 Å². The molecule has 0 bridgehead atoms. The number of benzene rings is 2. The Labute approximate surface area is 189 Å². The van der Waals surface area contributed by atoms with Gasteiger partial charge in [-0.25, -0.2) is 4.98 Å². The Kier molecular flexibility index (Phi) is 8.24. The third-order valence-corrected chi connectivity index (χ3v) is 5.13. The van der Waals surface area contributed by atoms with Crippen LogP contribution in [-0.2, 0) is 0 Å². The lowest BCUT2D eigenvalue weighted by Crippen LogP contribution is -2.16. The molecule has 32 heavy (non-hydrogen) atoms. The molecule has 3 N–H and O–H groups in total. The van der Waals surface area contributed by atoms with Gasteiger partial charge in [0.15, 0.2) is 0 Å². The second-order valence-corrected chi connectivity index (χ2v) is 8.02. The fourth-order valence-corrected chi connectivity index (χ4v) is 3.46. The molecule has 0 saturated heterocycles. The van der Waals surface area contributed by atoms with E-state index in [9.17, 15) is 13.2 Å². The van der Waals surface area contributed by atoms with Crippen LogP contribution in [-0.4, -0.2) is 24.9 Å². The molecule has 0 unspecified atom stereocenters. The number of rotatable bonds is 10. The van der Waals surface area contributed by atoms with E-state index in [1.54, 1.807) is 12.1 Å². The number of halogens is 3. The first-order valence-corrected chi connectivity index (χ1v) is 11.0. The van der Waals surface area contributed by atoms with Crippen LogP contribution in [0.15, 0.2) is 65.6 Å². The number of alkyl halides is 3. The lowest BCUT2D eigenvalue weighted by atomic mass is 10.1. The SMILES string of the molecule is CCCCNc1cc(Nc2ccc(SNC)cc2)nc(-c2ccc(OC(F)(F)F)cc2)c1. The van der Waals surface area contributed by atoms with Gasteiger partial charge in [0.25, 0.3) is 0 Å². The first-order valence-electron chi connectivity index (χ1n) is 10.2. The molecule has 5 nitrogen and oxygen atoms in total. The van der Waals surface area contributed by atoms with Gasteiger partial charge in [0.2, 0.25) is 0 Å². The summed E-state index contributed by atoms with van der Waals surface area (Å²) in [5, 5.41) is 6.69. The average molecular weight is 463 g/mol. The van der Waals surface area contributed by atoms with Crippen molar-refractivity contribution in [1.82, 2.24) is 9.71 Å². The molecule has 0 amide bonds. The molecule has 0 aliphatic heterocycles. The summed E-state index contributed by atoms with van der Waals surface area (Å²) in [5.41, 5.74) is 3.07. The number of unbranched alkanes of at least 4 members (excludes halogenated alkanes) is 1. The maximum atomic E-state index is 12.4. The number of anilines is 3. The first-order chi connectivity index (χ1) is 15.4. The van der Waals surface area contributed by atoms with Crippen molar-refractivity contribution in [3.8, 4) is 17.0 Å². The molecule has 1 aromatic heterocycles. The zero-order chi connectivity index (χ0) is 23.0. The summed E-state index contributed by atoms with van der Waals surface area (Å²) in [6.07, 6.45) is -2.64. The van der Waals surface area contributed by atoms with Crippen LogP contribution < -0.4 is 20.1 Å². The van der Waals surface area contributed by atoms with E-state index in [0.717, 1.165) is 35.7 Å². The van der Waals surface area contributed by atoms with Gasteiger partial charge in [0.05, 0.1) is 5.69 Å². The highest BCUT2D eigenvalue weighted by atomic mass is 32.2. The summed E-state index contributed by atoms with van der Waals surface area (Å²) in [5.74, 6) is 0.363. The van der Waals surface area contributed by atoms with Crippen molar-refractivity contribution in [2.75, 3.05) is 24.2 Å². The van der Waals surface area contributed by atoms with Gasteiger partial charge in [-0.15, -0.1) is 13.2 Å². The maximum absolute atomic E-state index is 12.4. The highest BCUT2D eigenvalue weighted by molar-refractivity contribution is 7.97. The summed E-state index contributed by atoms with van der Waals surface area (Å²) in [7, 11) is 1.86. The third kappa shape index (κ3) is 7.35. The maximum Gasteiger partial charge on any atom is 0.573 e. The summed E-state index contributed by atoms with van der Waals surface area (Å²) in [4.78, 5) is 5.74. The monoisotopic (exact) mass is 462 g/mol. The second kappa shape index (κ2) is 11.1. The Morgan fingerprint density at radius 1 is 0.969 bits per heavy atom. The van der Waals surface area contributed by atoms with Crippen LogP contribution in [0.1, 0.15) is 19.8 Å². The average Bonchev–Trinajstić information content (AvgIpc) is 2.75. The second-order valence-electron chi connectivity index (χ2n) is 6.93. The molecule has 170 valence electrons. The van der Waals surface area contributed by atoms with Crippen molar-refractivity contribution in [2.24, 2.45) is 0 Å². The lowest BCUT2D eigenvalue weighted by Gasteiger charge is -2.13. The molecule has 0 saturated carbocycles. The molecule has 0 radical (unpaired) electrons. The van der Waals surface area contributed by atoms with E-state index in [4.69, 9.17) is 0 Å². The number of aromatic nitrogens is 1. The number of hydrogen-bond acceptors (Lipinski definition) is 6. The van der Waals surface area contributed by atoms with Gasteiger partial charge < -0.3 is 15.4 Å². The van der Waals surface area contributed by atoms with E-state index in [1.165, 1.54) is 24.1 Å². The van der Waals surface area contributed by atoms with Gasteiger partial charge in [-0.2, -0.15) is 0 Å². The van der Waals surface area contributed by atoms with Crippen LogP contribution in [0.5, 0.6) is 5.75 Å². The van der Waals surface area contributed by atoms with Crippen LogP contribution in [0.3, 0.4) is 0 Å². The van der Waals surface area contributed by atoms with Crippen molar-refractivity contribution in [2.45, 2.75) is 31.0 Å². The molecule has 2 aromatic carbocycles. The van der Waals surface area contributed by atoms with Crippen LogP contribution in [0.4, 0.5) is 30.4 Å². The van der Waals surface area contributed by atoms with Gasteiger partial charge in [0, 0.05) is 34.4 Å². The van der Waals surface area contributed by atoms with Gasteiger partial charge in [0.1, 0.15) is 11.6 Å². The molecule has 1 heterocycles. The van der Waals surface area contributed by atoms with Crippen LogP contribution in [0.2, 0.25) is 0 Å². The lowest BCUT2D eigenvalue weighted by molar-refractivity contribution is -0.274. The van der Waals surface area contributed by atoms with E-state index in [-0.39, 0.29) is 5.75 Å². The summed E-state index contributed by atoms with van der Waals surface area (Å²) < 4.78 is 44.3. The number of nitrogens with one attached hydrogen (secondary N) is 3. The smallest absolute Gasteiger partial charge is 0.406 e. The molecule has 3 aromatic rings. The van der Waals surface area contributed by atoms with E-state index in [2.05, 4.69) is 32.0 Å². The third-order valence-electron chi connectivity index (χ3n) is 4.42. The summed E-state index contributed by atoms with van der Waals surface area (Å²) >= 11 is 1.52. The molecule has 3 rings (SSSR count). The first kappa shape index (κ1) is 23.7. The zero-order valence-electron chi connectivity index (χ0n) is 17.8. The molecular formula is C23H25F3N4OS. The zero-order valence-corrected chi connectivity index (χ0v) is 18.6. The number of nitrogens with zero attached hydrogens (tertiary/aromatic N) is 1. The fourth-order valence-electron chi connectivity index (χ4n) is 2.95. The topological polar surface area (TPSA) is 58.2 Å². The summed E-state index contributed by atoms with van der Waals surface area (Å²) in [6.45, 7) is 2.93. The Balaban J connectivity index is 1.85. The molecule has 0 aliphatic carbocycles. The fraction of sp³-hybridized carbons (Fsp3) is 0.261. The van der Waals surface area contributed by atoms with Crippen LogP contribution in [0, 0.1) is 0 Å². The van der Waals surface area contributed by atoms with Crippen molar-refractivity contribution in [1.29, 1.82) is 0 Å². The molecule has 9 heteroatoms. The molecule has 0 fully saturated rings. The highest BCUT2D eigenvalue weighted by Gasteiger charge is 2.31. The van der Waals surface area contributed by atoms with E-state index in [1.807, 2.05) is 43.4 Å². The van der Waals surface area contributed by atoms with E-state index >= 15 is 0 Å². The number of ether oxygens (including phenoxy) is 1. The number of hydrogen-bond donors (Lipinski definition) is 3. The molecule has 0 spiro atoms. The minimum atomic E-state index is -4.72. The minimum Gasteiger partial charge on any atom is -0.406 e. The van der Waals surface area contributed by atoms with Gasteiger partial charge >= 0.3 is 6.36 Å². The normalized spacial score (nSPS) is 11.3. The standard InChI is InChI=1S/C23H25F3N4OS/c1-3-4-13-28-18-14-21(16-5-9-19(10-6-16)31-23(24,25)26)30-22(15-18)29-17-7-11-20(12-8-17)32-27-2/h5-12,14-15,27H,3-4,13H2,1-2H3,(H2,28,29,30). The molecule has 0 aliphatic rings. The minimum absolute atomic E-state index is 0.267. The number of pyridine rings is 1. The molecule has 0 atom stereocenters. The van der Waals surface area contributed by atoms with E-state index in [0.29, 0.717) is 17.1 Å². The van der Waals surface area contributed by atoms with Crippen LogP contribution >= 0.6 is 11.9 Å². The predicted octanol–water partition coefficient (Wildman–Crippen LogP) is 6.83. The Hall–Kier alpha value is -2.91. The Morgan fingerprint density at radius 2 is 1.69 bits per heavy atom.